The maximum absolute atomic E-state index is 9.03. The molecular formula is C12H23N3OS2. The van der Waals surface area contributed by atoms with Crippen molar-refractivity contribution in [2.75, 3.05) is 37.6 Å². The molecule has 0 saturated heterocycles. The van der Waals surface area contributed by atoms with Gasteiger partial charge in [0.1, 0.15) is 0 Å². The lowest BCUT2D eigenvalue weighted by atomic mass is 10.2. The largest absolute Gasteiger partial charge is 0.396 e. The van der Waals surface area contributed by atoms with Crippen LogP contribution in [0.4, 0.5) is 5.13 Å². The van der Waals surface area contributed by atoms with Gasteiger partial charge in [-0.2, -0.15) is 11.8 Å². The van der Waals surface area contributed by atoms with Gasteiger partial charge in [0.05, 0.1) is 5.69 Å². The normalized spacial score (nSPS) is 12.7. The van der Waals surface area contributed by atoms with E-state index in [1.165, 1.54) is 4.88 Å². The molecule has 0 radical (unpaired) electrons. The van der Waals surface area contributed by atoms with Crippen LogP contribution in [0.5, 0.6) is 0 Å². The highest BCUT2D eigenvalue weighted by Crippen LogP contribution is 2.24. The van der Waals surface area contributed by atoms with Gasteiger partial charge in [-0.1, -0.05) is 0 Å². The fourth-order valence-corrected chi connectivity index (χ4v) is 3.23. The summed E-state index contributed by atoms with van der Waals surface area (Å²) >= 11 is 3.53. The maximum atomic E-state index is 9.03. The smallest absolute Gasteiger partial charge is 0.185 e. The minimum Gasteiger partial charge on any atom is -0.396 e. The lowest BCUT2D eigenvalue weighted by Gasteiger charge is -2.16. The Balaban J connectivity index is 2.55. The number of nitrogens with zero attached hydrogens (tertiary/aromatic N) is 2. The summed E-state index contributed by atoms with van der Waals surface area (Å²) in [4.78, 5) is 7.85. The average Bonchev–Trinajstić information content (AvgIpc) is 2.68. The SMILES string of the molecule is CSCC(CCO)NCc1sc(N(C)C)nc1C. The lowest BCUT2D eigenvalue weighted by molar-refractivity contribution is 0.270. The second kappa shape index (κ2) is 7.99. The van der Waals surface area contributed by atoms with Gasteiger partial charge in [-0.3, -0.25) is 0 Å². The third-order valence-electron chi connectivity index (χ3n) is 2.66. The number of nitrogens with one attached hydrogen (secondary N) is 1. The van der Waals surface area contributed by atoms with E-state index in [0.717, 1.165) is 29.5 Å². The van der Waals surface area contributed by atoms with Gasteiger partial charge in [0.25, 0.3) is 0 Å². The summed E-state index contributed by atoms with van der Waals surface area (Å²) in [7, 11) is 4.02. The second-order valence-electron chi connectivity index (χ2n) is 4.44. The molecule has 0 aliphatic rings. The molecule has 0 amide bonds. The Hall–Kier alpha value is -0.300. The Bertz CT molecular complexity index is 349. The number of rotatable bonds is 8. The van der Waals surface area contributed by atoms with Crippen molar-refractivity contribution in [1.82, 2.24) is 10.3 Å². The van der Waals surface area contributed by atoms with Crippen molar-refractivity contribution in [3.05, 3.63) is 10.6 Å². The predicted molar refractivity (Wildman–Crippen MR) is 81.9 cm³/mol. The molecule has 0 aromatic carbocycles. The Morgan fingerprint density at radius 1 is 1.50 bits per heavy atom. The average molecular weight is 289 g/mol. The lowest BCUT2D eigenvalue weighted by Crippen LogP contribution is -2.31. The summed E-state index contributed by atoms with van der Waals surface area (Å²) in [6.45, 7) is 3.13. The van der Waals surface area contributed by atoms with Crippen LogP contribution in [0.25, 0.3) is 0 Å². The molecule has 4 nitrogen and oxygen atoms in total. The molecule has 6 heteroatoms. The van der Waals surface area contributed by atoms with Crippen molar-refractivity contribution in [2.24, 2.45) is 0 Å². The number of thioether (sulfide) groups is 1. The Morgan fingerprint density at radius 2 is 2.22 bits per heavy atom. The zero-order valence-electron chi connectivity index (χ0n) is 11.6. The summed E-state index contributed by atoms with van der Waals surface area (Å²) in [5.41, 5.74) is 1.10. The molecule has 0 spiro atoms. The van der Waals surface area contributed by atoms with E-state index in [4.69, 9.17) is 5.11 Å². The van der Waals surface area contributed by atoms with Crippen LogP contribution < -0.4 is 10.2 Å². The van der Waals surface area contributed by atoms with Crippen molar-refractivity contribution in [2.45, 2.75) is 25.9 Å². The second-order valence-corrected chi connectivity index (χ2v) is 6.42. The molecule has 18 heavy (non-hydrogen) atoms. The molecule has 1 aromatic rings. The van der Waals surface area contributed by atoms with Gasteiger partial charge in [0, 0.05) is 43.9 Å². The first kappa shape index (κ1) is 15.8. The molecule has 0 saturated carbocycles. The Labute approximate surface area is 118 Å². The van der Waals surface area contributed by atoms with Crippen molar-refractivity contribution < 1.29 is 5.11 Å². The van der Waals surface area contributed by atoms with E-state index in [2.05, 4.69) is 23.5 Å². The van der Waals surface area contributed by atoms with Gasteiger partial charge in [-0.15, -0.1) is 11.3 Å². The van der Waals surface area contributed by atoms with Crippen molar-refractivity contribution in [3.8, 4) is 0 Å². The van der Waals surface area contributed by atoms with E-state index in [1.54, 1.807) is 23.1 Å². The number of aliphatic hydroxyl groups excluding tert-OH is 1. The molecule has 0 aliphatic carbocycles. The Kier molecular flexibility index (Phi) is 6.99. The first-order chi connectivity index (χ1) is 8.58. The van der Waals surface area contributed by atoms with Crippen LogP contribution in [0.2, 0.25) is 0 Å². The number of aromatic nitrogens is 1. The number of aliphatic hydroxyl groups is 1. The van der Waals surface area contributed by atoms with E-state index in [-0.39, 0.29) is 6.61 Å². The van der Waals surface area contributed by atoms with Gasteiger partial charge in [-0.05, 0) is 19.6 Å². The molecule has 0 bridgehead atoms. The molecule has 1 atom stereocenters. The van der Waals surface area contributed by atoms with E-state index in [9.17, 15) is 0 Å². The zero-order chi connectivity index (χ0) is 13.5. The maximum Gasteiger partial charge on any atom is 0.185 e. The fourth-order valence-electron chi connectivity index (χ4n) is 1.61. The molecule has 0 fully saturated rings. The monoisotopic (exact) mass is 289 g/mol. The quantitative estimate of drug-likeness (QED) is 0.763. The van der Waals surface area contributed by atoms with Crippen molar-refractivity contribution >= 4 is 28.2 Å². The standard InChI is InChI=1S/C12H23N3OS2/c1-9-11(18-12(14-9)15(2)3)7-13-10(5-6-16)8-17-4/h10,13,16H,5-8H2,1-4H3. The molecule has 104 valence electrons. The van der Waals surface area contributed by atoms with Crippen molar-refractivity contribution in [1.29, 1.82) is 0 Å². The molecule has 1 heterocycles. The number of hydrogen-bond donors (Lipinski definition) is 2. The molecule has 1 aromatic heterocycles. The van der Waals surface area contributed by atoms with E-state index in [0.29, 0.717) is 6.04 Å². The first-order valence-corrected chi connectivity index (χ1v) is 8.26. The summed E-state index contributed by atoms with van der Waals surface area (Å²) in [5, 5.41) is 13.6. The minimum absolute atomic E-state index is 0.239. The van der Waals surface area contributed by atoms with Crippen molar-refractivity contribution in [3.63, 3.8) is 0 Å². The fraction of sp³-hybridized carbons (Fsp3) is 0.750. The molecular weight excluding hydrogens is 266 g/mol. The zero-order valence-corrected chi connectivity index (χ0v) is 13.2. The van der Waals surface area contributed by atoms with E-state index >= 15 is 0 Å². The third-order valence-corrected chi connectivity index (χ3v) is 4.72. The first-order valence-electron chi connectivity index (χ1n) is 6.05. The van der Waals surface area contributed by atoms with Gasteiger partial charge in [-0.25, -0.2) is 4.98 Å². The van der Waals surface area contributed by atoms with Crippen LogP contribution in [-0.2, 0) is 6.54 Å². The van der Waals surface area contributed by atoms with Crippen LogP contribution in [0.15, 0.2) is 0 Å². The van der Waals surface area contributed by atoms with Crippen LogP contribution >= 0.6 is 23.1 Å². The van der Waals surface area contributed by atoms with Crippen LogP contribution in [0, 0.1) is 6.92 Å². The summed E-state index contributed by atoms with van der Waals surface area (Å²) in [6.07, 6.45) is 2.90. The summed E-state index contributed by atoms with van der Waals surface area (Å²) in [6, 6.07) is 0.370. The molecule has 2 N–H and O–H groups in total. The molecule has 1 unspecified atom stereocenters. The highest BCUT2D eigenvalue weighted by Gasteiger charge is 2.11. The van der Waals surface area contributed by atoms with Crippen LogP contribution in [0.1, 0.15) is 17.0 Å². The van der Waals surface area contributed by atoms with Gasteiger partial charge in [0.2, 0.25) is 0 Å². The molecule has 0 aliphatic heterocycles. The number of anilines is 1. The van der Waals surface area contributed by atoms with E-state index in [1.807, 2.05) is 19.0 Å². The van der Waals surface area contributed by atoms with Gasteiger partial charge < -0.3 is 15.3 Å². The Morgan fingerprint density at radius 3 is 2.72 bits per heavy atom. The highest BCUT2D eigenvalue weighted by molar-refractivity contribution is 7.98. The van der Waals surface area contributed by atoms with Gasteiger partial charge >= 0.3 is 0 Å². The predicted octanol–water partition coefficient (Wildman–Crippen LogP) is 1.72. The topological polar surface area (TPSA) is 48.4 Å². The van der Waals surface area contributed by atoms with Crippen LogP contribution in [-0.4, -0.2) is 48.8 Å². The highest BCUT2D eigenvalue weighted by atomic mass is 32.2. The van der Waals surface area contributed by atoms with Gasteiger partial charge in [0.15, 0.2) is 5.13 Å². The van der Waals surface area contributed by atoms with Crippen LogP contribution in [0.3, 0.4) is 0 Å². The minimum atomic E-state index is 0.239. The van der Waals surface area contributed by atoms with E-state index < -0.39 is 0 Å². The number of aryl methyl sites for hydroxylation is 1. The summed E-state index contributed by atoms with van der Waals surface area (Å²) < 4.78 is 0. The third kappa shape index (κ3) is 4.76. The number of thiazole rings is 1. The number of hydrogen-bond acceptors (Lipinski definition) is 6. The molecule has 1 rings (SSSR count). The summed E-state index contributed by atoms with van der Waals surface area (Å²) in [5.74, 6) is 1.03.